The van der Waals surface area contributed by atoms with Crippen LogP contribution in [-0.4, -0.2) is 23.1 Å². The molecule has 0 saturated heterocycles. The lowest BCUT2D eigenvalue weighted by Crippen LogP contribution is -2.40. The Labute approximate surface area is 106 Å². The topological polar surface area (TPSA) is 78.4 Å². The maximum atomic E-state index is 11.5. The monoisotopic (exact) mass is 250 g/mol. The van der Waals surface area contributed by atoms with Crippen LogP contribution in [0.15, 0.2) is 24.3 Å². The van der Waals surface area contributed by atoms with E-state index in [-0.39, 0.29) is 0 Å². The lowest BCUT2D eigenvalue weighted by atomic mass is 10.0. The molecule has 0 bridgehead atoms. The smallest absolute Gasteiger partial charge is 0.325 e. The van der Waals surface area contributed by atoms with E-state index in [2.05, 4.69) is 24.5 Å². The van der Waals surface area contributed by atoms with Crippen LogP contribution in [0.4, 0.5) is 10.5 Å². The summed E-state index contributed by atoms with van der Waals surface area (Å²) in [4.78, 5) is 22.0. The van der Waals surface area contributed by atoms with E-state index >= 15 is 0 Å². The number of rotatable bonds is 4. The van der Waals surface area contributed by atoms with Gasteiger partial charge in [-0.2, -0.15) is 0 Å². The molecule has 5 nitrogen and oxygen atoms in total. The van der Waals surface area contributed by atoms with Crippen LogP contribution in [0, 0.1) is 0 Å². The first-order valence-electron chi connectivity index (χ1n) is 5.80. The Morgan fingerprint density at radius 1 is 1.11 bits per heavy atom. The third kappa shape index (κ3) is 4.08. The number of benzene rings is 1. The molecule has 5 heteroatoms. The third-order valence-electron chi connectivity index (χ3n) is 2.55. The minimum absolute atomic E-state index is 0.430. The summed E-state index contributed by atoms with van der Waals surface area (Å²) in [6.45, 7) is 5.58. The van der Waals surface area contributed by atoms with E-state index < -0.39 is 18.0 Å². The molecule has 0 radical (unpaired) electrons. The van der Waals surface area contributed by atoms with Gasteiger partial charge >= 0.3 is 12.0 Å². The van der Waals surface area contributed by atoms with Crippen molar-refractivity contribution in [2.24, 2.45) is 0 Å². The molecule has 0 spiro atoms. The van der Waals surface area contributed by atoms with Gasteiger partial charge in [-0.05, 0) is 30.5 Å². The van der Waals surface area contributed by atoms with Gasteiger partial charge < -0.3 is 15.7 Å². The fourth-order valence-electron chi connectivity index (χ4n) is 1.38. The highest BCUT2D eigenvalue weighted by Gasteiger charge is 2.13. The number of carbonyl (C=O) groups is 2. The molecule has 0 aromatic heterocycles. The summed E-state index contributed by atoms with van der Waals surface area (Å²) in [6.07, 6.45) is 0. The fourth-order valence-corrected chi connectivity index (χ4v) is 1.38. The van der Waals surface area contributed by atoms with Crippen LogP contribution in [0.5, 0.6) is 0 Å². The molecule has 2 amide bonds. The predicted octanol–water partition coefficient (Wildman–Crippen LogP) is 2.40. The van der Waals surface area contributed by atoms with Gasteiger partial charge in [0.2, 0.25) is 0 Å². The van der Waals surface area contributed by atoms with Gasteiger partial charge in [0.25, 0.3) is 0 Å². The van der Waals surface area contributed by atoms with Crippen molar-refractivity contribution in [1.29, 1.82) is 0 Å². The Morgan fingerprint density at radius 2 is 1.67 bits per heavy atom. The predicted molar refractivity (Wildman–Crippen MR) is 69.8 cm³/mol. The van der Waals surface area contributed by atoms with Crippen molar-refractivity contribution in [2.75, 3.05) is 5.32 Å². The molecular formula is C13H18N2O3. The molecule has 0 aliphatic rings. The highest BCUT2D eigenvalue weighted by atomic mass is 16.4. The maximum absolute atomic E-state index is 11.5. The van der Waals surface area contributed by atoms with Gasteiger partial charge in [-0.1, -0.05) is 26.0 Å². The van der Waals surface area contributed by atoms with Gasteiger partial charge in [-0.3, -0.25) is 4.79 Å². The average Bonchev–Trinajstić information content (AvgIpc) is 2.29. The summed E-state index contributed by atoms with van der Waals surface area (Å²) in [7, 11) is 0. The fraction of sp³-hybridized carbons (Fsp3) is 0.385. The minimum Gasteiger partial charge on any atom is -0.480 e. The quantitative estimate of drug-likeness (QED) is 0.767. The molecule has 1 aromatic carbocycles. The van der Waals surface area contributed by atoms with Crippen molar-refractivity contribution < 1.29 is 14.7 Å². The van der Waals surface area contributed by atoms with Gasteiger partial charge in [0.15, 0.2) is 0 Å². The molecule has 0 aliphatic heterocycles. The second-order valence-electron chi connectivity index (χ2n) is 4.44. The number of amides is 2. The third-order valence-corrected chi connectivity index (χ3v) is 2.55. The normalized spacial score (nSPS) is 12.0. The largest absolute Gasteiger partial charge is 0.480 e. The zero-order chi connectivity index (χ0) is 13.7. The number of carboxylic acid groups (broad SMARTS) is 1. The lowest BCUT2D eigenvalue weighted by molar-refractivity contribution is -0.138. The van der Waals surface area contributed by atoms with Crippen LogP contribution >= 0.6 is 0 Å². The number of carboxylic acids is 1. The summed E-state index contributed by atoms with van der Waals surface area (Å²) in [5.74, 6) is -0.639. The van der Waals surface area contributed by atoms with Crippen molar-refractivity contribution in [3.05, 3.63) is 29.8 Å². The Hall–Kier alpha value is -2.04. The summed E-state index contributed by atoms with van der Waals surface area (Å²) in [6, 6.07) is 6.00. The van der Waals surface area contributed by atoms with E-state index in [1.807, 2.05) is 12.1 Å². The van der Waals surface area contributed by atoms with Gasteiger partial charge in [0, 0.05) is 5.69 Å². The molecule has 18 heavy (non-hydrogen) atoms. The number of hydrogen-bond acceptors (Lipinski definition) is 2. The highest BCUT2D eigenvalue weighted by Crippen LogP contribution is 2.16. The molecule has 0 aliphatic carbocycles. The Kier molecular flexibility index (Phi) is 4.71. The summed E-state index contributed by atoms with van der Waals surface area (Å²) < 4.78 is 0. The van der Waals surface area contributed by atoms with Gasteiger partial charge in [0.05, 0.1) is 0 Å². The van der Waals surface area contributed by atoms with Gasteiger partial charge in [-0.25, -0.2) is 4.79 Å². The molecule has 1 aromatic rings. The zero-order valence-corrected chi connectivity index (χ0v) is 10.7. The van der Waals surface area contributed by atoms with Crippen molar-refractivity contribution in [3.63, 3.8) is 0 Å². The first kappa shape index (κ1) is 14.0. The molecule has 0 fully saturated rings. The van der Waals surface area contributed by atoms with E-state index in [9.17, 15) is 9.59 Å². The summed E-state index contributed by atoms with van der Waals surface area (Å²) >= 11 is 0. The Morgan fingerprint density at radius 3 is 2.11 bits per heavy atom. The van der Waals surface area contributed by atoms with Crippen LogP contribution in [-0.2, 0) is 4.79 Å². The minimum atomic E-state index is -1.07. The van der Waals surface area contributed by atoms with Crippen LogP contribution < -0.4 is 10.6 Å². The number of carbonyl (C=O) groups excluding carboxylic acids is 1. The number of hydrogen-bond donors (Lipinski definition) is 3. The van der Waals surface area contributed by atoms with Crippen LogP contribution in [0.2, 0.25) is 0 Å². The molecule has 0 heterocycles. The van der Waals surface area contributed by atoms with Crippen LogP contribution in [0.1, 0.15) is 32.3 Å². The maximum Gasteiger partial charge on any atom is 0.325 e. The van der Waals surface area contributed by atoms with Gasteiger partial charge in [-0.15, -0.1) is 0 Å². The number of urea groups is 1. The summed E-state index contributed by atoms with van der Waals surface area (Å²) in [5.41, 5.74) is 1.81. The van der Waals surface area contributed by atoms with Crippen molar-refractivity contribution in [3.8, 4) is 0 Å². The SMILES string of the molecule is CC(C)c1ccc(NC(=O)N[C@H](C)C(=O)O)cc1. The van der Waals surface area contributed by atoms with E-state index in [1.165, 1.54) is 12.5 Å². The second kappa shape index (κ2) is 6.05. The van der Waals surface area contributed by atoms with Crippen molar-refractivity contribution in [2.45, 2.75) is 32.7 Å². The Balaban J connectivity index is 2.57. The molecule has 3 N–H and O–H groups in total. The van der Waals surface area contributed by atoms with E-state index in [4.69, 9.17) is 5.11 Å². The standard InChI is InChI=1S/C13H18N2O3/c1-8(2)10-4-6-11(7-5-10)15-13(18)14-9(3)12(16)17/h4-9H,1-3H3,(H,16,17)(H2,14,15,18)/t9-/m1/s1. The molecule has 1 rings (SSSR count). The van der Waals surface area contributed by atoms with Crippen LogP contribution in [0.25, 0.3) is 0 Å². The lowest BCUT2D eigenvalue weighted by Gasteiger charge is -2.11. The summed E-state index contributed by atoms with van der Waals surface area (Å²) in [5, 5.41) is 13.5. The van der Waals surface area contributed by atoms with E-state index in [1.54, 1.807) is 12.1 Å². The molecule has 1 atom stereocenters. The van der Waals surface area contributed by atoms with Crippen molar-refractivity contribution >= 4 is 17.7 Å². The van der Waals surface area contributed by atoms with E-state index in [0.717, 1.165) is 0 Å². The first-order chi connectivity index (χ1) is 8.40. The Bertz CT molecular complexity index is 426. The number of nitrogens with one attached hydrogen (secondary N) is 2. The van der Waals surface area contributed by atoms with E-state index in [0.29, 0.717) is 11.6 Å². The van der Waals surface area contributed by atoms with Crippen molar-refractivity contribution in [1.82, 2.24) is 5.32 Å². The second-order valence-corrected chi connectivity index (χ2v) is 4.44. The molecular weight excluding hydrogens is 232 g/mol. The highest BCUT2D eigenvalue weighted by molar-refractivity contribution is 5.92. The molecule has 98 valence electrons. The van der Waals surface area contributed by atoms with Crippen LogP contribution in [0.3, 0.4) is 0 Å². The number of aliphatic carboxylic acids is 1. The average molecular weight is 250 g/mol. The first-order valence-corrected chi connectivity index (χ1v) is 5.80. The number of anilines is 1. The zero-order valence-electron chi connectivity index (χ0n) is 10.7. The molecule has 0 unspecified atom stereocenters. The molecule has 0 saturated carbocycles. The van der Waals surface area contributed by atoms with Gasteiger partial charge in [0.1, 0.15) is 6.04 Å².